The minimum Gasteiger partial charge on any atom is -0.504 e. The van der Waals surface area contributed by atoms with Crippen LogP contribution in [0.5, 0.6) is 11.5 Å². The fraction of sp³-hybridized carbons (Fsp3) is 0.182. The molecule has 1 aromatic carbocycles. The molecule has 14 heavy (non-hydrogen) atoms. The highest BCUT2D eigenvalue weighted by Crippen LogP contribution is 2.29. The van der Waals surface area contributed by atoms with Gasteiger partial charge in [-0.15, -0.1) is 0 Å². The molecule has 74 valence electrons. The first-order valence-electron chi connectivity index (χ1n) is 4.30. The van der Waals surface area contributed by atoms with Gasteiger partial charge in [0.15, 0.2) is 17.8 Å². The number of carbonyl (C=O) groups excluding carboxylic acids is 1. The summed E-state index contributed by atoms with van der Waals surface area (Å²) in [5, 5.41) is 18.5. The molecule has 0 aliphatic rings. The summed E-state index contributed by atoms with van der Waals surface area (Å²) >= 11 is 0. The number of aromatic hydroxyl groups is 2. The van der Waals surface area contributed by atoms with Crippen molar-refractivity contribution in [2.45, 2.75) is 13.3 Å². The number of phenolic OH excluding ortho intramolecular Hbond substituents is 2. The van der Waals surface area contributed by atoms with Gasteiger partial charge < -0.3 is 10.2 Å². The third kappa shape index (κ3) is 2.13. The number of hydrogen-bond donors (Lipinski definition) is 2. The lowest BCUT2D eigenvalue weighted by Gasteiger charge is -2.03. The molecule has 0 amide bonds. The maximum Gasteiger partial charge on any atom is 0.168 e. The zero-order chi connectivity index (χ0) is 10.6. The van der Waals surface area contributed by atoms with Gasteiger partial charge in [0.2, 0.25) is 0 Å². The average Bonchev–Trinajstić information content (AvgIpc) is 2.19. The normalized spacial score (nSPS) is 10.6. The summed E-state index contributed by atoms with van der Waals surface area (Å²) in [6.07, 6.45) is 4.93. The zero-order valence-corrected chi connectivity index (χ0v) is 7.90. The molecule has 0 heterocycles. The number of phenols is 2. The Kier molecular flexibility index (Phi) is 3.29. The van der Waals surface area contributed by atoms with Crippen molar-refractivity contribution in [1.29, 1.82) is 0 Å². The predicted molar refractivity (Wildman–Crippen MR) is 53.7 cm³/mol. The summed E-state index contributed by atoms with van der Waals surface area (Å²) in [5.41, 5.74) is 0.907. The first kappa shape index (κ1) is 10.3. The Morgan fingerprint density at radius 2 is 2.07 bits per heavy atom. The second kappa shape index (κ2) is 4.46. The van der Waals surface area contributed by atoms with Crippen molar-refractivity contribution in [3.05, 3.63) is 35.4 Å². The fourth-order valence-electron chi connectivity index (χ4n) is 1.16. The van der Waals surface area contributed by atoms with Gasteiger partial charge >= 0.3 is 0 Å². The molecule has 0 aliphatic carbocycles. The van der Waals surface area contributed by atoms with Crippen molar-refractivity contribution < 1.29 is 15.0 Å². The lowest BCUT2D eigenvalue weighted by Crippen LogP contribution is -1.87. The molecule has 0 aliphatic heterocycles. The smallest absolute Gasteiger partial charge is 0.168 e. The molecule has 2 N–H and O–H groups in total. The Labute approximate surface area is 82.3 Å². The molecule has 0 bridgehead atoms. The molecule has 0 saturated heterocycles. The van der Waals surface area contributed by atoms with Gasteiger partial charge in [-0.3, -0.25) is 4.79 Å². The molecule has 0 spiro atoms. The van der Waals surface area contributed by atoms with Gasteiger partial charge in [-0.25, -0.2) is 0 Å². The molecule has 3 nitrogen and oxygen atoms in total. The molecule has 0 radical (unpaired) electrons. The highest BCUT2D eigenvalue weighted by atomic mass is 16.3. The number of allylic oxidation sites excluding steroid dienone is 2. The Balaban J connectivity index is 3.09. The van der Waals surface area contributed by atoms with Gasteiger partial charge in [0.25, 0.3) is 0 Å². The standard InChI is InChI=1S/C11H12O3/c1-2-3-4-8-5-9(7-12)11(14)10(13)6-8/h2-3,5-7,13-14H,4H2,1H3/b3-2+. The maximum absolute atomic E-state index is 10.5. The Bertz CT molecular complexity index is 367. The summed E-state index contributed by atoms with van der Waals surface area (Å²) in [7, 11) is 0. The third-order valence-corrected chi connectivity index (χ3v) is 1.90. The largest absolute Gasteiger partial charge is 0.504 e. The van der Waals surface area contributed by atoms with Crippen molar-refractivity contribution in [1.82, 2.24) is 0 Å². The number of hydrogen-bond acceptors (Lipinski definition) is 3. The highest BCUT2D eigenvalue weighted by Gasteiger charge is 2.07. The van der Waals surface area contributed by atoms with Crippen molar-refractivity contribution >= 4 is 6.29 Å². The van der Waals surface area contributed by atoms with Gasteiger partial charge in [0, 0.05) is 0 Å². The number of carbonyl (C=O) groups is 1. The Morgan fingerprint density at radius 1 is 1.36 bits per heavy atom. The quantitative estimate of drug-likeness (QED) is 0.437. The number of rotatable bonds is 3. The van der Waals surface area contributed by atoms with E-state index in [2.05, 4.69) is 0 Å². The van der Waals surface area contributed by atoms with E-state index in [-0.39, 0.29) is 17.1 Å². The van der Waals surface area contributed by atoms with Crippen molar-refractivity contribution in [2.75, 3.05) is 0 Å². The van der Waals surface area contributed by atoms with E-state index in [9.17, 15) is 15.0 Å². The van der Waals surface area contributed by atoms with Crippen LogP contribution in [0, 0.1) is 0 Å². The summed E-state index contributed by atoms with van der Waals surface area (Å²) < 4.78 is 0. The number of aldehydes is 1. The van der Waals surface area contributed by atoms with Crippen LogP contribution >= 0.6 is 0 Å². The average molecular weight is 192 g/mol. The molecular weight excluding hydrogens is 180 g/mol. The highest BCUT2D eigenvalue weighted by molar-refractivity contribution is 5.81. The van der Waals surface area contributed by atoms with Crippen molar-refractivity contribution in [3.8, 4) is 11.5 Å². The van der Waals surface area contributed by atoms with Crippen LogP contribution in [0.25, 0.3) is 0 Å². The van der Waals surface area contributed by atoms with Crippen LogP contribution in [0.15, 0.2) is 24.3 Å². The Hall–Kier alpha value is -1.77. The zero-order valence-electron chi connectivity index (χ0n) is 7.90. The van der Waals surface area contributed by atoms with Crippen LogP contribution in [0.3, 0.4) is 0 Å². The molecule has 0 fully saturated rings. The van der Waals surface area contributed by atoms with Crippen LogP contribution in [0.1, 0.15) is 22.8 Å². The first-order valence-corrected chi connectivity index (χ1v) is 4.30. The third-order valence-electron chi connectivity index (χ3n) is 1.90. The molecule has 0 saturated carbocycles. The maximum atomic E-state index is 10.5. The second-order valence-electron chi connectivity index (χ2n) is 2.94. The monoisotopic (exact) mass is 192 g/mol. The lowest BCUT2D eigenvalue weighted by molar-refractivity contribution is 0.112. The van der Waals surface area contributed by atoms with E-state index in [0.717, 1.165) is 5.56 Å². The van der Waals surface area contributed by atoms with Gasteiger partial charge in [-0.2, -0.15) is 0 Å². The molecule has 0 unspecified atom stereocenters. The van der Waals surface area contributed by atoms with E-state index in [4.69, 9.17) is 0 Å². The van der Waals surface area contributed by atoms with Crippen molar-refractivity contribution in [2.24, 2.45) is 0 Å². The van der Waals surface area contributed by atoms with Crippen LogP contribution in [0.4, 0.5) is 0 Å². The fourth-order valence-corrected chi connectivity index (χ4v) is 1.16. The summed E-state index contributed by atoms with van der Waals surface area (Å²) in [4.78, 5) is 10.5. The van der Waals surface area contributed by atoms with E-state index in [1.54, 1.807) is 6.07 Å². The van der Waals surface area contributed by atoms with Crippen LogP contribution < -0.4 is 0 Å². The Morgan fingerprint density at radius 3 is 2.64 bits per heavy atom. The summed E-state index contributed by atoms with van der Waals surface area (Å²) in [6, 6.07) is 3.00. The van der Waals surface area contributed by atoms with Crippen molar-refractivity contribution in [3.63, 3.8) is 0 Å². The first-order chi connectivity index (χ1) is 6.69. The van der Waals surface area contributed by atoms with Gasteiger partial charge in [-0.1, -0.05) is 12.2 Å². The minimum atomic E-state index is -0.357. The van der Waals surface area contributed by atoms with Gasteiger partial charge in [-0.05, 0) is 31.0 Å². The molecule has 1 aromatic rings. The van der Waals surface area contributed by atoms with E-state index < -0.39 is 0 Å². The summed E-state index contributed by atoms with van der Waals surface area (Å²) in [5.74, 6) is -0.613. The molecule has 0 aromatic heterocycles. The molecular formula is C11H12O3. The van der Waals surface area contributed by atoms with Crippen LogP contribution in [-0.4, -0.2) is 16.5 Å². The minimum absolute atomic E-state index is 0.115. The number of benzene rings is 1. The topological polar surface area (TPSA) is 57.5 Å². The lowest BCUT2D eigenvalue weighted by atomic mass is 10.1. The molecule has 0 atom stereocenters. The molecule has 3 heteroatoms. The molecule has 1 rings (SSSR count). The van der Waals surface area contributed by atoms with Gasteiger partial charge in [0.05, 0.1) is 5.56 Å². The summed E-state index contributed by atoms with van der Waals surface area (Å²) in [6.45, 7) is 1.89. The SMILES string of the molecule is C/C=C/Cc1cc(O)c(O)c(C=O)c1. The van der Waals surface area contributed by atoms with E-state index in [1.165, 1.54) is 6.07 Å². The van der Waals surface area contributed by atoms with E-state index in [0.29, 0.717) is 12.7 Å². The predicted octanol–water partition coefficient (Wildman–Crippen LogP) is 2.03. The van der Waals surface area contributed by atoms with Gasteiger partial charge in [0.1, 0.15) is 0 Å². The van der Waals surface area contributed by atoms with Crippen LogP contribution in [0.2, 0.25) is 0 Å². The van der Waals surface area contributed by atoms with Crippen LogP contribution in [-0.2, 0) is 6.42 Å². The second-order valence-corrected chi connectivity index (χ2v) is 2.94. The van der Waals surface area contributed by atoms with E-state index in [1.807, 2.05) is 19.1 Å². The van der Waals surface area contributed by atoms with E-state index >= 15 is 0 Å².